The van der Waals surface area contributed by atoms with Crippen LogP contribution in [0, 0.1) is 13.8 Å². The molecule has 0 saturated heterocycles. The standard InChI is InChI=1S/C18H23NO2/c1-5-19-13(2)11-17(14(19)3)18(20)12-21-15(4)16-9-7-6-8-10-16/h6-11,15H,5,12H2,1-4H3. The van der Waals surface area contributed by atoms with Crippen molar-refractivity contribution in [3.05, 3.63) is 58.9 Å². The zero-order valence-electron chi connectivity index (χ0n) is 13.2. The van der Waals surface area contributed by atoms with Crippen LogP contribution in [-0.2, 0) is 11.3 Å². The molecule has 1 atom stereocenters. The molecule has 112 valence electrons. The number of hydrogen-bond donors (Lipinski definition) is 0. The first-order chi connectivity index (χ1) is 10.0. The molecule has 0 N–H and O–H groups in total. The highest BCUT2D eigenvalue weighted by Gasteiger charge is 2.16. The number of benzene rings is 1. The minimum Gasteiger partial charge on any atom is -0.366 e. The molecule has 1 unspecified atom stereocenters. The van der Waals surface area contributed by atoms with E-state index in [0.717, 1.165) is 29.1 Å². The summed E-state index contributed by atoms with van der Waals surface area (Å²) in [5.41, 5.74) is 4.00. The quantitative estimate of drug-likeness (QED) is 0.749. The maximum Gasteiger partial charge on any atom is 0.190 e. The second kappa shape index (κ2) is 6.72. The van der Waals surface area contributed by atoms with Crippen molar-refractivity contribution < 1.29 is 9.53 Å². The molecule has 1 aromatic carbocycles. The number of aromatic nitrogens is 1. The van der Waals surface area contributed by atoms with E-state index in [4.69, 9.17) is 4.74 Å². The number of rotatable bonds is 6. The lowest BCUT2D eigenvalue weighted by molar-refractivity contribution is 0.0520. The minimum absolute atomic E-state index is 0.0468. The normalized spacial score (nSPS) is 12.4. The van der Waals surface area contributed by atoms with Crippen LogP contribution in [0.2, 0.25) is 0 Å². The molecule has 0 bridgehead atoms. The van der Waals surface area contributed by atoms with Crippen molar-refractivity contribution in [3.8, 4) is 0 Å². The first kappa shape index (κ1) is 15.5. The number of ether oxygens (including phenoxy) is 1. The Bertz CT molecular complexity index is 614. The van der Waals surface area contributed by atoms with E-state index in [1.165, 1.54) is 0 Å². The summed E-state index contributed by atoms with van der Waals surface area (Å²) in [5, 5.41) is 0. The van der Waals surface area contributed by atoms with Crippen LogP contribution < -0.4 is 0 Å². The first-order valence-electron chi connectivity index (χ1n) is 7.41. The van der Waals surface area contributed by atoms with Gasteiger partial charge in [-0.2, -0.15) is 0 Å². The fourth-order valence-electron chi connectivity index (χ4n) is 2.67. The van der Waals surface area contributed by atoms with Crippen LogP contribution in [-0.4, -0.2) is 17.0 Å². The molecule has 0 fully saturated rings. The van der Waals surface area contributed by atoms with Crippen LogP contribution in [0.15, 0.2) is 36.4 Å². The molecular weight excluding hydrogens is 262 g/mol. The summed E-state index contributed by atoms with van der Waals surface area (Å²) in [7, 11) is 0. The highest BCUT2D eigenvalue weighted by molar-refractivity contribution is 5.98. The van der Waals surface area contributed by atoms with Gasteiger partial charge in [0, 0.05) is 23.5 Å². The summed E-state index contributed by atoms with van der Waals surface area (Å²) in [4.78, 5) is 12.3. The summed E-state index contributed by atoms with van der Waals surface area (Å²) in [6, 6.07) is 11.9. The predicted octanol–water partition coefficient (Wildman–Crippen LogP) is 4.09. The number of nitrogens with zero attached hydrogens (tertiary/aromatic N) is 1. The third-order valence-electron chi connectivity index (χ3n) is 3.92. The molecule has 21 heavy (non-hydrogen) atoms. The fourth-order valence-corrected chi connectivity index (χ4v) is 2.67. The fraction of sp³-hybridized carbons (Fsp3) is 0.389. The lowest BCUT2D eigenvalue weighted by Crippen LogP contribution is -2.12. The Morgan fingerprint density at radius 3 is 2.48 bits per heavy atom. The highest BCUT2D eigenvalue weighted by Crippen LogP contribution is 2.19. The van der Waals surface area contributed by atoms with Crippen molar-refractivity contribution in [1.82, 2.24) is 4.57 Å². The number of ketones is 1. The Kier molecular flexibility index (Phi) is 4.97. The van der Waals surface area contributed by atoms with E-state index < -0.39 is 0 Å². The summed E-state index contributed by atoms with van der Waals surface area (Å²) in [6.45, 7) is 9.07. The van der Waals surface area contributed by atoms with E-state index in [1.54, 1.807) is 0 Å². The monoisotopic (exact) mass is 285 g/mol. The molecule has 3 nitrogen and oxygen atoms in total. The predicted molar refractivity (Wildman–Crippen MR) is 84.7 cm³/mol. The van der Waals surface area contributed by atoms with Crippen LogP contribution >= 0.6 is 0 Å². The van der Waals surface area contributed by atoms with Gasteiger partial charge in [0.25, 0.3) is 0 Å². The third-order valence-corrected chi connectivity index (χ3v) is 3.92. The van der Waals surface area contributed by atoms with Crippen molar-refractivity contribution in [2.75, 3.05) is 6.61 Å². The van der Waals surface area contributed by atoms with Crippen LogP contribution in [0.5, 0.6) is 0 Å². The molecule has 0 saturated carbocycles. The number of Topliss-reactive ketones (excluding diaryl/α,β-unsaturated/α-hetero) is 1. The smallest absolute Gasteiger partial charge is 0.190 e. The van der Waals surface area contributed by atoms with E-state index in [-0.39, 0.29) is 18.5 Å². The molecule has 1 heterocycles. The summed E-state index contributed by atoms with van der Waals surface area (Å²) < 4.78 is 7.87. The van der Waals surface area contributed by atoms with Gasteiger partial charge < -0.3 is 9.30 Å². The zero-order chi connectivity index (χ0) is 15.4. The van der Waals surface area contributed by atoms with E-state index in [2.05, 4.69) is 11.5 Å². The van der Waals surface area contributed by atoms with E-state index in [9.17, 15) is 4.79 Å². The molecule has 0 aliphatic carbocycles. The number of carbonyl (C=O) groups excluding carboxylic acids is 1. The lowest BCUT2D eigenvalue weighted by atomic mass is 10.1. The van der Waals surface area contributed by atoms with Crippen molar-refractivity contribution >= 4 is 5.78 Å². The lowest BCUT2D eigenvalue weighted by Gasteiger charge is -2.13. The van der Waals surface area contributed by atoms with Gasteiger partial charge in [-0.05, 0) is 39.3 Å². The Labute approximate surface area is 126 Å². The van der Waals surface area contributed by atoms with Crippen LogP contribution in [0.1, 0.15) is 47.3 Å². The Morgan fingerprint density at radius 1 is 1.24 bits per heavy atom. The second-order valence-corrected chi connectivity index (χ2v) is 5.32. The van der Waals surface area contributed by atoms with Gasteiger partial charge in [0.1, 0.15) is 6.61 Å². The maximum absolute atomic E-state index is 12.3. The summed E-state index contributed by atoms with van der Waals surface area (Å²) in [5.74, 6) is 0.0468. The average molecular weight is 285 g/mol. The third kappa shape index (κ3) is 3.42. The van der Waals surface area contributed by atoms with E-state index in [0.29, 0.717) is 0 Å². The van der Waals surface area contributed by atoms with Gasteiger partial charge in [0.05, 0.1) is 6.10 Å². The molecule has 2 rings (SSSR count). The number of hydrogen-bond acceptors (Lipinski definition) is 2. The van der Waals surface area contributed by atoms with Crippen molar-refractivity contribution in [2.45, 2.75) is 40.3 Å². The first-order valence-corrected chi connectivity index (χ1v) is 7.41. The Hall–Kier alpha value is -1.87. The Morgan fingerprint density at radius 2 is 1.90 bits per heavy atom. The van der Waals surface area contributed by atoms with Gasteiger partial charge in [-0.25, -0.2) is 0 Å². The van der Waals surface area contributed by atoms with E-state index in [1.807, 2.05) is 57.2 Å². The molecule has 0 amide bonds. The van der Waals surface area contributed by atoms with Gasteiger partial charge in [-0.15, -0.1) is 0 Å². The van der Waals surface area contributed by atoms with Crippen molar-refractivity contribution in [3.63, 3.8) is 0 Å². The second-order valence-electron chi connectivity index (χ2n) is 5.32. The number of aryl methyl sites for hydroxylation is 1. The van der Waals surface area contributed by atoms with Crippen LogP contribution in [0.4, 0.5) is 0 Å². The van der Waals surface area contributed by atoms with Gasteiger partial charge in [-0.1, -0.05) is 30.3 Å². The summed E-state index contributed by atoms with van der Waals surface area (Å²) in [6.07, 6.45) is -0.0789. The average Bonchev–Trinajstić information content (AvgIpc) is 2.79. The van der Waals surface area contributed by atoms with Crippen molar-refractivity contribution in [2.24, 2.45) is 0 Å². The zero-order valence-corrected chi connectivity index (χ0v) is 13.2. The number of carbonyl (C=O) groups is 1. The molecule has 0 aliphatic heterocycles. The minimum atomic E-state index is -0.0789. The molecule has 0 aliphatic rings. The highest BCUT2D eigenvalue weighted by atomic mass is 16.5. The SMILES string of the molecule is CCn1c(C)cc(C(=O)COC(C)c2ccccc2)c1C. The molecule has 3 heteroatoms. The molecule has 2 aromatic rings. The van der Waals surface area contributed by atoms with Gasteiger partial charge in [0.15, 0.2) is 5.78 Å². The Balaban J connectivity index is 2.02. The topological polar surface area (TPSA) is 31.2 Å². The molecule has 1 aromatic heterocycles. The maximum atomic E-state index is 12.3. The molecular formula is C18H23NO2. The van der Waals surface area contributed by atoms with Crippen LogP contribution in [0.3, 0.4) is 0 Å². The van der Waals surface area contributed by atoms with Gasteiger partial charge in [0.2, 0.25) is 0 Å². The van der Waals surface area contributed by atoms with Crippen molar-refractivity contribution in [1.29, 1.82) is 0 Å². The van der Waals surface area contributed by atoms with Gasteiger partial charge >= 0.3 is 0 Å². The van der Waals surface area contributed by atoms with Gasteiger partial charge in [-0.3, -0.25) is 4.79 Å². The molecule has 0 spiro atoms. The molecule has 0 radical (unpaired) electrons. The van der Waals surface area contributed by atoms with E-state index >= 15 is 0 Å². The summed E-state index contributed by atoms with van der Waals surface area (Å²) >= 11 is 0. The largest absolute Gasteiger partial charge is 0.366 e. The van der Waals surface area contributed by atoms with Crippen LogP contribution in [0.25, 0.3) is 0 Å².